The number of rotatable bonds is 6. The van der Waals surface area contributed by atoms with Gasteiger partial charge in [-0.25, -0.2) is 0 Å². The lowest BCUT2D eigenvalue weighted by atomic mass is 9.70. The number of nitrogens with zero attached hydrogens (tertiary/aromatic N) is 1. The van der Waals surface area contributed by atoms with Crippen LogP contribution in [0.15, 0.2) is 0 Å². The molecule has 0 aliphatic heterocycles. The van der Waals surface area contributed by atoms with E-state index in [9.17, 15) is 0 Å². The Hall–Kier alpha value is -0.0800. The maximum absolute atomic E-state index is 3.72. The van der Waals surface area contributed by atoms with Crippen molar-refractivity contribution < 1.29 is 0 Å². The zero-order chi connectivity index (χ0) is 13.9. The van der Waals surface area contributed by atoms with E-state index in [1.165, 1.54) is 58.0 Å². The van der Waals surface area contributed by atoms with E-state index in [0.717, 1.165) is 12.0 Å². The SMILES string of the molecule is CC1CCC(CNC(C)C)(CN(C)C2CCC2)CC1. The Morgan fingerprint density at radius 1 is 1.16 bits per heavy atom. The highest BCUT2D eigenvalue weighted by molar-refractivity contribution is 4.91. The largest absolute Gasteiger partial charge is 0.314 e. The Morgan fingerprint density at radius 3 is 2.26 bits per heavy atom. The minimum atomic E-state index is 0.543. The van der Waals surface area contributed by atoms with Gasteiger partial charge in [0.1, 0.15) is 0 Å². The summed E-state index contributed by atoms with van der Waals surface area (Å²) in [5, 5.41) is 3.72. The molecule has 0 spiro atoms. The number of nitrogens with one attached hydrogen (secondary N) is 1. The summed E-state index contributed by atoms with van der Waals surface area (Å²) < 4.78 is 0. The van der Waals surface area contributed by atoms with Gasteiger partial charge in [-0.1, -0.05) is 40.0 Å². The highest BCUT2D eigenvalue weighted by atomic mass is 15.1. The third-order valence-corrected chi connectivity index (χ3v) is 5.50. The second-order valence-electron chi connectivity index (χ2n) is 7.72. The Labute approximate surface area is 120 Å². The first-order valence-corrected chi connectivity index (χ1v) is 8.44. The lowest BCUT2D eigenvalue weighted by molar-refractivity contribution is 0.0547. The third kappa shape index (κ3) is 4.19. The third-order valence-electron chi connectivity index (χ3n) is 5.50. The molecule has 0 unspecified atom stereocenters. The average Bonchev–Trinajstić information content (AvgIpc) is 2.28. The standard InChI is InChI=1S/C17H34N2/c1-14(2)18-12-17(10-8-15(3)9-11-17)13-19(4)16-6-5-7-16/h14-16,18H,5-13H2,1-4H3. The molecule has 0 saturated heterocycles. The summed E-state index contributed by atoms with van der Waals surface area (Å²) in [6.45, 7) is 9.50. The molecule has 1 N–H and O–H groups in total. The van der Waals surface area contributed by atoms with E-state index in [4.69, 9.17) is 0 Å². The van der Waals surface area contributed by atoms with Crippen molar-refractivity contribution in [2.75, 3.05) is 20.1 Å². The summed E-state index contributed by atoms with van der Waals surface area (Å²) in [6.07, 6.45) is 10.0. The molecule has 0 amide bonds. The monoisotopic (exact) mass is 266 g/mol. The number of hydrogen-bond donors (Lipinski definition) is 1. The summed E-state index contributed by atoms with van der Waals surface area (Å²) >= 11 is 0. The molecule has 2 rings (SSSR count). The molecular weight excluding hydrogens is 232 g/mol. The Morgan fingerprint density at radius 2 is 1.79 bits per heavy atom. The van der Waals surface area contributed by atoms with Gasteiger partial charge in [-0.3, -0.25) is 0 Å². The van der Waals surface area contributed by atoms with Gasteiger partial charge in [0.05, 0.1) is 0 Å². The van der Waals surface area contributed by atoms with Crippen LogP contribution >= 0.6 is 0 Å². The molecule has 0 heterocycles. The topological polar surface area (TPSA) is 15.3 Å². The van der Waals surface area contributed by atoms with Crippen molar-refractivity contribution >= 4 is 0 Å². The fourth-order valence-electron chi connectivity index (χ4n) is 3.67. The van der Waals surface area contributed by atoms with E-state index in [1.54, 1.807) is 0 Å². The maximum atomic E-state index is 3.72. The molecule has 0 aromatic rings. The van der Waals surface area contributed by atoms with Crippen LogP contribution in [-0.4, -0.2) is 37.1 Å². The van der Waals surface area contributed by atoms with E-state index in [-0.39, 0.29) is 0 Å². The Kier molecular flexibility index (Phi) is 5.30. The van der Waals surface area contributed by atoms with E-state index in [1.807, 2.05) is 0 Å². The molecule has 19 heavy (non-hydrogen) atoms. The van der Waals surface area contributed by atoms with Crippen LogP contribution in [-0.2, 0) is 0 Å². The fraction of sp³-hybridized carbons (Fsp3) is 1.00. The van der Waals surface area contributed by atoms with Gasteiger partial charge >= 0.3 is 0 Å². The molecule has 2 aliphatic rings. The molecule has 2 aliphatic carbocycles. The zero-order valence-electron chi connectivity index (χ0n) is 13.5. The van der Waals surface area contributed by atoms with Crippen molar-refractivity contribution in [3.63, 3.8) is 0 Å². The van der Waals surface area contributed by atoms with Gasteiger partial charge in [0.2, 0.25) is 0 Å². The molecule has 0 bridgehead atoms. The highest BCUT2D eigenvalue weighted by Gasteiger charge is 2.37. The summed E-state index contributed by atoms with van der Waals surface area (Å²) in [7, 11) is 2.36. The molecule has 2 heteroatoms. The van der Waals surface area contributed by atoms with E-state index >= 15 is 0 Å². The summed E-state index contributed by atoms with van der Waals surface area (Å²) in [4.78, 5) is 2.67. The quantitative estimate of drug-likeness (QED) is 0.789. The van der Waals surface area contributed by atoms with E-state index < -0.39 is 0 Å². The van der Waals surface area contributed by atoms with E-state index in [2.05, 4.69) is 38.0 Å². The molecule has 0 atom stereocenters. The highest BCUT2D eigenvalue weighted by Crippen LogP contribution is 2.40. The average molecular weight is 266 g/mol. The van der Waals surface area contributed by atoms with Gasteiger partial charge in [-0.05, 0) is 44.1 Å². The molecular formula is C17H34N2. The first-order chi connectivity index (χ1) is 9.01. The molecule has 0 aromatic heterocycles. The minimum Gasteiger partial charge on any atom is -0.314 e. The zero-order valence-corrected chi connectivity index (χ0v) is 13.5. The van der Waals surface area contributed by atoms with Gasteiger partial charge < -0.3 is 10.2 Å². The molecule has 0 radical (unpaired) electrons. The number of hydrogen-bond acceptors (Lipinski definition) is 2. The molecule has 2 saturated carbocycles. The minimum absolute atomic E-state index is 0.543. The van der Waals surface area contributed by atoms with Crippen LogP contribution in [0.25, 0.3) is 0 Å². The van der Waals surface area contributed by atoms with Crippen LogP contribution in [0.2, 0.25) is 0 Å². The van der Waals surface area contributed by atoms with Crippen LogP contribution in [0.4, 0.5) is 0 Å². The van der Waals surface area contributed by atoms with Crippen LogP contribution in [0.5, 0.6) is 0 Å². The normalized spacial score (nSPS) is 32.8. The maximum Gasteiger partial charge on any atom is 0.00924 e. The molecule has 2 nitrogen and oxygen atoms in total. The summed E-state index contributed by atoms with van der Waals surface area (Å²) in [6, 6.07) is 1.50. The van der Waals surface area contributed by atoms with Gasteiger partial charge in [0, 0.05) is 25.2 Å². The van der Waals surface area contributed by atoms with Crippen LogP contribution in [0.1, 0.15) is 65.7 Å². The Bertz CT molecular complexity index is 262. The second kappa shape index (κ2) is 6.58. The fourth-order valence-corrected chi connectivity index (χ4v) is 3.67. The van der Waals surface area contributed by atoms with Gasteiger partial charge in [-0.15, -0.1) is 0 Å². The van der Waals surface area contributed by atoms with Gasteiger partial charge in [-0.2, -0.15) is 0 Å². The Balaban J connectivity index is 1.92. The summed E-state index contributed by atoms with van der Waals surface area (Å²) in [5.41, 5.74) is 0.543. The van der Waals surface area contributed by atoms with Crippen molar-refractivity contribution in [2.45, 2.75) is 77.8 Å². The predicted octanol–water partition coefficient (Wildman–Crippen LogP) is 3.67. The van der Waals surface area contributed by atoms with Crippen molar-refractivity contribution in [1.29, 1.82) is 0 Å². The first kappa shape index (κ1) is 15.3. The molecule has 112 valence electrons. The van der Waals surface area contributed by atoms with Crippen LogP contribution < -0.4 is 5.32 Å². The second-order valence-corrected chi connectivity index (χ2v) is 7.72. The predicted molar refractivity (Wildman–Crippen MR) is 83.5 cm³/mol. The van der Waals surface area contributed by atoms with Crippen molar-refractivity contribution in [2.24, 2.45) is 11.3 Å². The lowest BCUT2D eigenvalue weighted by Gasteiger charge is -2.46. The van der Waals surface area contributed by atoms with E-state index in [0.29, 0.717) is 11.5 Å². The van der Waals surface area contributed by atoms with Crippen molar-refractivity contribution in [1.82, 2.24) is 10.2 Å². The van der Waals surface area contributed by atoms with Crippen LogP contribution in [0, 0.1) is 11.3 Å². The van der Waals surface area contributed by atoms with Crippen molar-refractivity contribution in [3.05, 3.63) is 0 Å². The lowest BCUT2D eigenvalue weighted by Crippen LogP contribution is -2.50. The van der Waals surface area contributed by atoms with Crippen molar-refractivity contribution in [3.8, 4) is 0 Å². The summed E-state index contributed by atoms with van der Waals surface area (Å²) in [5.74, 6) is 0.946. The molecule has 0 aromatic carbocycles. The smallest absolute Gasteiger partial charge is 0.00924 e. The molecule has 2 fully saturated rings. The first-order valence-electron chi connectivity index (χ1n) is 8.44. The van der Waals surface area contributed by atoms with Gasteiger partial charge in [0.25, 0.3) is 0 Å². The van der Waals surface area contributed by atoms with Crippen LogP contribution in [0.3, 0.4) is 0 Å². The van der Waals surface area contributed by atoms with Gasteiger partial charge in [0.15, 0.2) is 0 Å².